The van der Waals surface area contributed by atoms with Crippen LogP contribution in [0, 0.1) is 5.82 Å². The maximum atomic E-state index is 14.0. The Kier molecular flexibility index (Phi) is 7.64. The van der Waals surface area contributed by atoms with Crippen molar-refractivity contribution in [3.05, 3.63) is 108 Å². The van der Waals surface area contributed by atoms with Crippen molar-refractivity contribution in [2.75, 3.05) is 19.0 Å². The summed E-state index contributed by atoms with van der Waals surface area (Å²) in [5, 5.41) is 6.39. The number of aromatic nitrogens is 1. The van der Waals surface area contributed by atoms with Gasteiger partial charge < -0.3 is 24.7 Å². The molecule has 2 aromatic carbocycles. The maximum absolute atomic E-state index is 14.0. The minimum Gasteiger partial charge on any atom is -0.465 e. The Labute approximate surface area is 229 Å². The van der Waals surface area contributed by atoms with Crippen molar-refractivity contribution in [3.63, 3.8) is 0 Å². The van der Waals surface area contributed by atoms with E-state index in [0.29, 0.717) is 22.2 Å². The lowest BCUT2D eigenvalue weighted by atomic mass is 10.0. The standard InChI is InChI=1S/C29H25FN4O4S/c1-37-28(36)19-11-9-18(10-12-19)23-13-14-24(38-23)27-26(22-8-4-5-16-31-22)33-29(39)34(27)17-15-25(35)32-21-7-3-2-6-20(21)30/h2-14,16,26-27H,15,17H2,1H3,(H,32,35)(H,33,39)/t26-,27-/m0/s1. The van der Waals surface area contributed by atoms with Crippen LogP contribution in [0.1, 0.15) is 40.3 Å². The van der Waals surface area contributed by atoms with E-state index in [4.69, 9.17) is 21.4 Å². The predicted molar refractivity (Wildman–Crippen MR) is 147 cm³/mol. The normalized spacial score (nSPS) is 16.6. The summed E-state index contributed by atoms with van der Waals surface area (Å²) in [4.78, 5) is 30.9. The average molecular weight is 545 g/mol. The van der Waals surface area contributed by atoms with Crippen LogP contribution in [0.15, 0.2) is 89.5 Å². The second kappa shape index (κ2) is 11.4. The summed E-state index contributed by atoms with van der Waals surface area (Å²) in [6.45, 7) is 0.268. The van der Waals surface area contributed by atoms with Crippen LogP contribution in [0.4, 0.5) is 10.1 Å². The number of hydrogen-bond donors (Lipinski definition) is 2. The summed E-state index contributed by atoms with van der Waals surface area (Å²) in [7, 11) is 1.34. The summed E-state index contributed by atoms with van der Waals surface area (Å²) in [6, 6.07) is 21.6. The van der Waals surface area contributed by atoms with Crippen molar-refractivity contribution in [3.8, 4) is 11.3 Å². The lowest BCUT2D eigenvalue weighted by Crippen LogP contribution is -2.32. The number of esters is 1. The molecule has 0 saturated carbocycles. The molecule has 198 valence electrons. The van der Waals surface area contributed by atoms with Crippen LogP contribution in [-0.4, -0.2) is 40.5 Å². The fourth-order valence-electron chi connectivity index (χ4n) is 4.51. The van der Waals surface area contributed by atoms with Crippen LogP contribution < -0.4 is 10.6 Å². The van der Waals surface area contributed by atoms with E-state index in [2.05, 4.69) is 15.6 Å². The zero-order valence-electron chi connectivity index (χ0n) is 21.0. The molecule has 10 heteroatoms. The number of hydrogen-bond acceptors (Lipinski definition) is 6. The molecule has 3 heterocycles. The summed E-state index contributed by atoms with van der Waals surface area (Å²) in [5.41, 5.74) is 2.12. The third-order valence-electron chi connectivity index (χ3n) is 6.43. The maximum Gasteiger partial charge on any atom is 0.337 e. The fraction of sp³-hybridized carbons (Fsp3) is 0.172. The fourth-order valence-corrected chi connectivity index (χ4v) is 4.84. The van der Waals surface area contributed by atoms with E-state index in [1.54, 1.807) is 42.6 Å². The van der Waals surface area contributed by atoms with E-state index >= 15 is 0 Å². The monoisotopic (exact) mass is 544 g/mol. The largest absolute Gasteiger partial charge is 0.465 e. The number of benzene rings is 2. The molecule has 39 heavy (non-hydrogen) atoms. The molecule has 1 aliphatic heterocycles. The first-order valence-electron chi connectivity index (χ1n) is 12.3. The second-order valence-corrected chi connectivity index (χ2v) is 9.26. The van der Waals surface area contributed by atoms with Crippen LogP contribution in [-0.2, 0) is 9.53 Å². The smallest absolute Gasteiger partial charge is 0.337 e. The first-order valence-corrected chi connectivity index (χ1v) is 12.7. The van der Waals surface area contributed by atoms with E-state index in [9.17, 15) is 14.0 Å². The number of furan rings is 1. The summed E-state index contributed by atoms with van der Waals surface area (Å²) in [5.74, 6) is -0.0234. The number of anilines is 1. The van der Waals surface area contributed by atoms with Gasteiger partial charge in [-0.15, -0.1) is 0 Å². The number of halogens is 1. The van der Waals surface area contributed by atoms with Crippen molar-refractivity contribution in [1.29, 1.82) is 0 Å². The molecule has 1 fully saturated rings. The lowest BCUT2D eigenvalue weighted by Gasteiger charge is -2.25. The van der Waals surface area contributed by atoms with Crippen LogP contribution in [0.3, 0.4) is 0 Å². The van der Waals surface area contributed by atoms with Crippen molar-refractivity contribution in [2.45, 2.75) is 18.5 Å². The Hall–Kier alpha value is -4.57. The van der Waals surface area contributed by atoms with Gasteiger partial charge in [0.25, 0.3) is 0 Å². The van der Waals surface area contributed by atoms with Gasteiger partial charge in [-0.3, -0.25) is 9.78 Å². The van der Waals surface area contributed by atoms with Gasteiger partial charge in [0.05, 0.1) is 30.1 Å². The van der Waals surface area contributed by atoms with Gasteiger partial charge in [-0.1, -0.05) is 30.3 Å². The third kappa shape index (κ3) is 5.65. The highest BCUT2D eigenvalue weighted by atomic mass is 32.1. The topological polar surface area (TPSA) is 96.7 Å². The van der Waals surface area contributed by atoms with E-state index in [0.717, 1.165) is 11.3 Å². The predicted octanol–water partition coefficient (Wildman–Crippen LogP) is 5.27. The molecule has 1 saturated heterocycles. The number of rotatable bonds is 8. The summed E-state index contributed by atoms with van der Waals surface area (Å²) < 4.78 is 25.1. The Bertz CT molecular complexity index is 1490. The second-order valence-electron chi connectivity index (χ2n) is 8.87. The Morgan fingerprint density at radius 3 is 2.56 bits per heavy atom. The number of thiocarbonyl (C=S) groups is 1. The van der Waals surface area contributed by atoms with Crippen LogP contribution >= 0.6 is 12.2 Å². The van der Waals surface area contributed by atoms with Crippen molar-refractivity contribution < 1.29 is 23.1 Å². The molecule has 2 atom stereocenters. The molecule has 2 aromatic heterocycles. The molecular weight excluding hydrogens is 519 g/mol. The molecule has 1 aliphatic rings. The van der Waals surface area contributed by atoms with Crippen LogP contribution in [0.2, 0.25) is 0 Å². The molecule has 5 rings (SSSR count). The zero-order valence-corrected chi connectivity index (χ0v) is 21.8. The first-order chi connectivity index (χ1) is 18.9. The highest BCUT2D eigenvalue weighted by Gasteiger charge is 2.41. The average Bonchev–Trinajstić information content (AvgIpc) is 3.58. The zero-order chi connectivity index (χ0) is 27.4. The van der Waals surface area contributed by atoms with Gasteiger partial charge in [0.15, 0.2) is 5.11 Å². The number of nitrogens with one attached hydrogen (secondary N) is 2. The minimum absolute atomic E-state index is 0.0736. The molecular formula is C29H25FN4O4S. The number of methoxy groups -OCH3 is 1. The van der Waals surface area contributed by atoms with Crippen molar-refractivity contribution >= 4 is 34.9 Å². The Morgan fingerprint density at radius 2 is 1.85 bits per heavy atom. The molecule has 1 amide bonds. The van der Waals surface area contributed by atoms with Gasteiger partial charge in [-0.25, -0.2) is 9.18 Å². The number of amides is 1. The minimum atomic E-state index is -0.500. The number of nitrogens with zero attached hydrogens (tertiary/aromatic N) is 2. The van der Waals surface area contributed by atoms with E-state index < -0.39 is 17.8 Å². The number of carbonyl (C=O) groups excluding carboxylic acids is 2. The lowest BCUT2D eigenvalue weighted by molar-refractivity contribution is -0.116. The molecule has 2 N–H and O–H groups in total. The molecule has 8 nitrogen and oxygen atoms in total. The Morgan fingerprint density at radius 1 is 1.08 bits per heavy atom. The van der Waals surface area contributed by atoms with Crippen molar-refractivity contribution in [1.82, 2.24) is 15.2 Å². The summed E-state index contributed by atoms with van der Waals surface area (Å²) in [6.07, 6.45) is 1.78. The molecule has 0 bridgehead atoms. The van der Waals surface area contributed by atoms with E-state index in [-0.39, 0.29) is 30.6 Å². The highest BCUT2D eigenvalue weighted by molar-refractivity contribution is 7.80. The first kappa shape index (κ1) is 26.1. The van der Waals surface area contributed by atoms with E-state index in [1.807, 2.05) is 35.2 Å². The number of pyridine rings is 1. The number of ether oxygens (including phenoxy) is 1. The molecule has 0 radical (unpaired) electrons. The van der Waals surface area contributed by atoms with Gasteiger partial charge in [0.2, 0.25) is 5.91 Å². The number of carbonyl (C=O) groups is 2. The quantitative estimate of drug-likeness (QED) is 0.229. The van der Waals surface area contributed by atoms with Crippen molar-refractivity contribution in [2.24, 2.45) is 0 Å². The van der Waals surface area contributed by atoms with Gasteiger partial charge in [-0.05, 0) is 60.7 Å². The summed E-state index contributed by atoms with van der Waals surface area (Å²) >= 11 is 5.66. The van der Waals surface area contributed by atoms with Gasteiger partial charge in [0.1, 0.15) is 23.4 Å². The number of para-hydroxylation sites is 1. The molecule has 0 spiro atoms. The molecule has 0 unspecified atom stereocenters. The third-order valence-corrected chi connectivity index (χ3v) is 6.79. The van der Waals surface area contributed by atoms with Gasteiger partial charge in [0, 0.05) is 24.7 Å². The molecule has 0 aliphatic carbocycles. The van der Waals surface area contributed by atoms with Crippen LogP contribution in [0.5, 0.6) is 0 Å². The van der Waals surface area contributed by atoms with Gasteiger partial charge >= 0.3 is 5.97 Å². The Balaban J connectivity index is 1.39. The van der Waals surface area contributed by atoms with Crippen LogP contribution in [0.25, 0.3) is 11.3 Å². The van der Waals surface area contributed by atoms with E-state index in [1.165, 1.54) is 19.2 Å². The SMILES string of the molecule is COC(=O)c1ccc(-c2ccc([C@H]3[C@H](c4ccccn4)NC(=S)N3CCC(=O)Nc3ccccc3F)o2)cc1. The molecule has 4 aromatic rings. The van der Waals surface area contributed by atoms with Gasteiger partial charge in [-0.2, -0.15) is 0 Å². The highest BCUT2D eigenvalue weighted by Crippen LogP contribution is 2.40.